The van der Waals surface area contributed by atoms with Crippen molar-refractivity contribution in [1.29, 1.82) is 0 Å². The number of rotatable bonds is 5. The molecule has 0 bridgehead atoms. The minimum absolute atomic E-state index is 0.00613. The Morgan fingerprint density at radius 1 is 1.00 bits per heavy atom. The fraction of sp³-hybridized carbons (Fsp3) is 0.458. The van der Waals surface area contributed by atoms with Crippen molar-refractivity contribution in [2.45, 2.75) is 43.5 Å². The second-order valence-electron chi connectivity index (χ2n) is 8.44. The van der Waals surface area contributed by atoms with Crippen LogP contribution in [-0.4, -0.2) is 57.4 Å². The van der Waals surface area contributed by atoms with Gasteiger partial charge in [-0.15, -0.1) is 0 Å². The fourth-order valence-corrected chi connectivity index (χ4v) is 6.68. The van der Waals surface area contributed by atoms with E-state index in [-0.39, 0.29) is 21.9 Å². The summed E-state index contributed by atoms with van der Waals surface area (Å²) in [4.78, 5) is 15.2. The van der Waals surface area contributed by atoms with Crippen molar-refractivity contribution in [3.05, 3.63) is 52.0 Å². The molecule has 1 fully saturated rings. The second kappa shape index (κ2) is 9.52. The van der Waals surface area contributed by atoms with Gasteiger partial charge in [0.2, 0.25) is 10.0 Å². The molecule has 7 nitrogen and oxygen atoms in total. The maximum Gasteiger partial charge on any atom is 0.254 e. The van der Waals surface area contributed by atoms with Gasteiger partial charge in [0, 0.05) is 25.2 Å². The van der Waals surface area contributed by atoms with Crippen LogP contribution in [0.1, 0.15) is 53.7 Å². The number of nitrogens with zero attached hydrogens (tertiary/aromatic N) is 2. The molecule has 2 aromatic rings. The van der Waals surface area contributed by atoms with Gasteiger partial charge in [-0.2, -0.15) is 4.31 Å². The Hall–Kier alpha value is -2.29. The number of methoxy groups -OCH3 is 2. The number of halogens is 1. The molecule has 1 saturated heterocycles. The lowest BCUT2D eigenvalue weighted by molar-refractivity contribution is 0.0677. The molecule has 0 aliphatic carbocycles. The number of hydrogen-bond acceptors (Lipinski definition) is 5. The van der Waals surface area contributed by atoms with Crippen LogP contribution in [0.15, 0.2) is 35.2 Å². The van der Waals surface area contributed by atoms with E-state index >= 15 is 0 Å². The monoisotopic (exact) mass is 492 g/mol. The SMILES string of the molecule is COc1cc2c(cc1OC)[C@@H](C)N(C(=O)c1ccc(Cl)c(S(=O)(=O)N3CCCCC3)c1)CC2. The fourth-order valence-electron chi connectivity index (χ4n) is 4.67. The molecule has 1 amide bonds. The largest absolute Gasteiger partial charge is 0.493 e. The molecule has 0 radical (unpaired) electrons. The Kier molecular flexibility index (Phi) is 6.88. The maximum absolute atomic E-state index is 13.5. The van der Waals surface area contributed by atoms with E-state index in [1.165, 1.54) is 16.4 Å². The molecule has 1 atom stereocenters. The number of ether oxygens (including phenoxy) is 2. The molecule has 0 saturated carbocycles. The van der Waals surface area contributed by atoms with Crippen LogP contribution in [0.2, 0.25) is 5.02 Å². The lowest BCUT2D eigenvalue weighted by Gasteiger charge is -2.36. The third-order valence-electron chi connectivity index (χ3n) is 6.56. The van der Waals surface area contributed by atoms with Crippen molar-refractivity contribution in [1.82, 2.24) is 9.21 Å². The van der Waals surface area contributed by atoms with Crippen LogP contribution >= 0.6 is 11.6 Å². The first kappa shape index (κ1) is 23.9. The van der Waals surface area contributed by atoms with E-state index in [2.05, 4.69) is 0 Å². The molecule has 4 rings (SSSR count). The molecule has 0 aromatic heterocycles. The van der Waals surface area contributed by atoms with Gasteiger partial charge >= 0.3 is 0 Å². The van der Waals surface area contributed by atoms with Gasteiger partial charge in [-0.3, -0.25) is 4.79 Å². The molecule has 178 valence electrons. The summed E-state index contributed by atoms with van der Waals surface area (Å²) in [5.74, 6) is 1.04. The molecule has 0 spiro atoms. The van der Waals surface area contributed by atoms with E-state index in [9.17, 15) is 13.2 Å². The number of sulfonamides is 1. The average molecular weight is 493 g/mol. The molecule has 9 heteroatoms. The first-order chi connectivity index (χ1) is 15.8. The highest BCUT2D eigenvalue weighted by molar-refractivity contribution is 7.89. The standard InChI is InChI=1S/C24H29ClN2O5S/c1-16-19-15-22(32-3)21(31-2)13-17(19)9-12-27(16)24(28)18-7-8-20(25)23(14-18)33(29,30)26-10-5-4-6-11-26/h7-8,13-16H,4-6,9-12H2,1-3H3/t16-/m1/s1. The zero-order chi connectivity index (χ0) is 23.8. The Morgan fingerprint density at radius 2 is 1.67 bits per heavy atom. The van der Waals surface area contributed by atoms with Crippen LogP contribution in [0, 0.1) is 0 Å². The highest BCUT2D eigenvalue weighted by atomic mass is 35.5. The van der Waals surface area contributed by atoms with Crippen molar-refractivity contribution >= 4 is 27.5 Å². The van der Waals surface area contributed by atoms with E-state index < -0.39 is 10.0 Å². The van der Waals surface area contributed by atoms with Crippen molar-refractivity contribution in [2.24, 2.45) is 0 Å². The third kappa shape index (κ3) is 4.44. The Labute approximate surface area is 200 Å². The highest BCUT2D eigenvalue weighted by Gasteiger charge is 2.32. The van der Waals surface area contributed by atoms with E-state index in [0.717, 1.165) is 30.4 Å². The summed E-state index contributed by atoms with van der Waals surface area (Å²) in [7, 11) is -0.576. The molecule has 2 aliphatic rings. The van der Waals surface area contributed by atoms with Gasteiger partial charge in [-0.1, -0.05) is 18.0 Å². The number of piperidine rings is 1. The summed E-state index contributed by atoms with van der Waals surface area (Å²) in [6.07, 6.45) is 3.34. The summed E-state index contributed by atoms with van der Waals surface area (Å²) < 4.78 is 38.7. The number of fused-ring (bicyclic) bond motifs is 1. The smallest absolute Gasteiger partial charge is 0.254 e. The predicted molar refractivity (Wildman–Crippen MR) is 127 cm³/mol. The molecular formula is C24H29ClN2O5S. The first-order valence-electron chi connectivity index (χ1n) is 11.1. The first-order valence-corrected chi connectivity index (χ1v) is 12.9. The Balaban J connectivity index is 1.65. The van der Waals surface area contributed by atoms with Gasteiger partial charge in [0.05, 0.1) is 25.3 Å². The molecule has 2 aromatic carbocycles. The molecule has 33 heavy (non-hydrogen) atoms. The number of amides is 1. The predicted octanol–water partition coefficient (Wildman–Crippen LogP) is 4.29. The molecular weight excluding hydrogens is 464 g/mol. The molecule has 2 heterocycles. The zero-order valence-electron chi connectivity index (χ0n) is 19.1. The van der Waals surface area contributed by atoms with Gasteiger partial charge in [-0.25, -0.2) is 8.42 Å². The van der Waals surface area contributed by atoms with E-state index in [1.807, 2.05) is 19.1 Å². The van der Waals surface area contributed by atoms with Crippen LogP contribution in [0.4, 0.5) is 0 Å². The van der Waals surface area contributed by atoms with E-state index in [0.29, 0.717) is 43.1 Å². The average Bonchev–Trinajstić information content (AvgIpc) is 2.84. The van der Waals surface area contributed by atoms with Gasteiger partial charge in [-0.05, 0) is 67.6 Å². The molecule has 0 N–H and O–H groups in total. The minimum atomic E-state index is -3.76. The van der Waals surface area contributed by atoms with Gasteiger partial charge in [0.25, 0.3) is 5.91 Å². The Bertz CT molecular complexity index is 1160. The quantitative estimate of drug-likeness (QED) is 0.622. The van der Waals surface area contributed by atoms with Crippen LogP contribution in [0.5, 0.6) is 11.5 Å². The van der Waals surface area contributed by atoms with Gasteiger partial charge in [0.15, 0.2) is 11.5 Å². The summed E-state index contributed by atoms with van der Waals surface area (Å²) in [5, 5.41) is 0.131. The highest BCUT2D eigenvalue weighted by Crippen LogP contribution is 2.38. The van der Waals surface area contributed by atoms with Gasteiger partial charge < -0.3 is 14.4 Å². The van der Waals surface area contributed by atoms with Gasteiger partial charge in [0.1, 0.15) is 4.90 Å². The summed E-state index contributed by atoms with van der Waals surface area (Å²) >= 11 is 6.29. The zero-order valence-corrected chi connectivity index (χ0v) is 20.7. The van der Waals surface area contributed by atoms with Crippen LogP contribution in [0.3, 0.4) is 0 Å². The van der Waals surface area contributed by atoms with Crippen molar-refractivity contribution in [3.8, 4) is 11.5 Å². The number of carbonyl (C=O) groups excluding carboxylic acids is 1. The topological polar surface area (TPSA) is 76.1 Å². The lowest BCUT2D eigenvalue weighted by Crippen LogP contribution is -2.39. The number of benzene rings is 2. The molecule has 0 unspecified atom stereocenters. The second-order valence-corrected chi connectivity index (χ2v) is 10.8. The van der Waals surface area contributed by atoms with Crippen molar-refractivity contribution < 1.29 is 22.7 Å². The summed E-state index contributed by atoms with van der Waals surface area (Å²) in [5.41, 5.74) is 2.40. The summed E-state index contributed by atoms with van der Waals surface area (Å²) in [6.45, 7) is 3.42. The summed E-state index contributed by atoms with van der Waals surface area (Å²) in [6, 6.07) is 8.17. The number of hydrogen-bond donors (Lipinski definition) is 0. The molecule has 2 aliphatic heterocycles. The van der Waals surface area contributed by atoms with E-state index in [4.69, 9.17) is 21.1 Å². The third-order valence-corrected chi connectivity index (χ3v) is 8.94. The van der Waals surface area contributed by atoms with Crippen molar-refractivity contribution in [2.75, 3.05) is 33.9 Å². The van der Waals surface area contributed by atoms with Crippen LogP contribution in [-0.2, 0) is 16.4 Å². The lowest BCUT2D eigenvalue weighted by atomic mass is 9.92. The maximum atomic E-state index is 13.5. The van der Waals surface area contributed by atoms with Crippen molar-refractivity contribution in [3.63, 3.8) is 0 Å². The van der Waals surface area contributed by atoms with E-state index in [1.54, 1.807) is 25.2 Å². The minimum Gasteiger partial charge on any atom is -0.493 e. The van der Waals surface area contributed by atoms with Crippen LogP contribution < -0.4 is 9.47 Å². The van der Waals surface area contributed by atoms with Crippen LogP contribution in [0.25, 0.3) is 0 Å². The normalized spacial score (nSPS) is 19.2. The Morgan fingerprint density at radius 3 is 2.33 bits per heavy atom. The number of carbonyl (C=O) groups is 1.